The SMILES string of the molecule is Cc1ccc(-c2ocnc2C(=O)N[C@H]2CC[C@@H](C(=O)O)C2)cc1. The van der Waals surface area contributed by atoms with E-state index in [0.717, 1.165) is 11.1 Å². The summed E-state index contributed by atoms with van der Waals surface area (Å²) in [5, 5.41) is 11.9. The van der Waals surface area contributed by atoms with Gasteiger partial charge in [0.1, 0.15) is 0 Å². The fourth-order valence-corrected chi connectivity index (χ4v) is 2.91. The Kier molecular flexibility index (Phi) is 4.14. The summed E-state index contributed by atoms with van der Waals surface area (Å²) in [6, 6.07) is 7.50. The molecular formula is C17H18N2O4. The van der Waals surface area contributed by atoms with Crippen molar-refractivity contribution in [3.05, 3.63) is 41.9 Å². The number of carboxylic acid groups (broad SMARTS) is 1. The summed E-state index contributed by atoms with van der Waals surface area (Å²) in [4.78, 5) is 27.4. The van der Waals surface area contributed by atoms with Crippen LogP contribution in [0.2, 0.25) is 0 Å². The van der Waals surface area contributed by atoms with Gasteiger partial charge in [-0.3, -0.25) is 9.59 Å². The average molecular weight is 314 g/mol. The standard InChI is InChI=1S/C17H18N2O4/c1-10-2-4-11(5-3-10)15-14(18-9-23-15)16(20)19-13-7-6-12(8-13)17(21)22/h2-5,9,12-13H,6-8H2,1H3,(H,19,20)(H,21,22)/t12-,13+/m1/s1. The van der Waals surface area contributed by atoms with Crippen LogP contribution in [0.1, 0.15) is 35.3 Å². The Morgan fingerprint density at radius 3 is 2.65 bits per heavy atom. The smallest absolute Gasteiger partial charge is 0.306 e. The normalized spacial score (nSPS) is 20.4. The lowest BCUT2D eigenvalue weighted by Crippen LogP contribution is -2.33. The molecule has 0 bridgehead atoms. The molecule has 3 rings (SSSR count). The maximum absolute atomic E-state index is 12.4. The van der Waals surface area contributed by atoms with Crippen molar-refractivity contribution in [2.24, 2.45) is 5.92 Å². The number of amides is 1. The van der Waals surface area contributed by atoms with E-state index >= 15 is 0 Å². The third-order valence-electron chi connectivity index (χ3n) is 4.21. The average Bonchev–Trinajstić information content (AvgIpc) is 3.16. The van der Waals surface area contributed by atoms with Crippen molar-refractivity contribution in [3.63, 3.8) is 0 Å². The highest BCUT2D eigenvalue weighted by atomic mass is 16.4. The molecule has 6 nitrogen and oxygen atoms in total. The van der Waals surface area contributed by atoms with Crippen LogP contribution in [-0.2, 0) is 4.79 Å². The van der Waals surface area contributed by atoms with Crippen LogP contribution in [0.25, 0.3) is 11.3 Å². The molecule has 1 aliphatic carbocycles. The zero-order valence-corrected chi connectivity index (χ0v) is 12.8. The number of carbonyl (C=O) groups excluding carboxylic acids is 1. The van der Waals surface area contributed by atoms with Gasteiger partial charge in [-0.15, -0.1) is 0 Å². The molecule has 0 radical (unpaired) electrons. The summed E-state index contributed by atoms with van der Waals surface area (Å²) in [5.74, 6) is -1.08. The van der Waals surface area contributed by atoms with Crippen LogP contribution in [0, 0.1) is 12.8 Å². The fourth-order valence-electron chi connectivity index (χ4n) is 2.91. The van der Waals surface area contributed by atoms with Gasteiger partial charge in [-0.05, 0) is 26.2 Å². The van der Waals surface area contributed by atoms with Crippen molar-refractivity contribution in [2.45, 2.75) is 32.2 Å². The van der Waals surface area contributed by atoms with E-state index in [4.69, 9.17) is 9.52 Å². The minimum Gasteiger partial charge on any atom is -0.481 e. The van der Waals surface area contributed by atoms with Crippen LogP contribution >= 0.6 is 0 Å². The number of hydrogen-bond donors (Lipinski definition) is 2. The predicted molar refractivity (Wildman–Crippen MR) is 82.9 cm³/mol. The molecule has 0 saturated heterocycles. The van der Waals surface area contributed by atoms with Gasteiger partial charge in [0.25, 0.3) is 5.91 Å². The summed E-state index contributed by atoms with van der Waals surface area (Å²) in [7, 11) is 0. The molecule has 2 aromatic rings. The lowest BCUT2D eigenvalue weighted by atomic mass is 10.1. The van der Waals surface area contributed by atoms with E-state index in [-0.39, 0.29) is 23.6 Å². The Labute approximate surface area is 133 Å². The summed E-state index contributed by atoms with van der Waals surface area (Å²) in [6.45, 7) is 1.98. The summed E-state index contributed by atoms with van der Waals surface area (Å²) in [6.07, 6.45) is 2.96. The molecule has 0 unspecified atom stereocenters. The number of hydrogen-bond acceptors (Lipinski definition) is 4. The maximum Gasteiger partial charge on any atom is 0.306 e. The minimum absolute atomic E-state index is 0.133. The summed E-state index contributed by atoms with van der Waals surface area (Å²) < 4.78 is 5.37. The molecule has 1 aromatic carbocycles. The lowest BCUT2D eigenvalue weighted by Gasteiger charge is -2.11. The molecule has 1 aliphatic rings. The Balaban J connectivity index is 1.73. The molecule has 1 amide bonds. The second kappa shape index (κ2) is 6.24. The zero-order valence-electron chi connectivity index (χ0n) is 12.8. The first-order valence-electron chi connectivity index (χ1n) is 7.59. The Bertz CT molecular complexity index is 720. The highest BCUT2D eigenvalue weighted by Gasteiger charge is 2.31. The van der Waals surface area contributed by atoms with Gasteiger partial charge in [-0.1, -0.05) is 29.8 Å². The van der Waals surface area contributed by atoms with Crippen molar-refractivity contribution >= 4 is 11.9 Å². The van der Waals surface area contributed by atoms with Crippen LogP contribution in [0.4, 0.5) is 0 Å². The third-order valence-corrected chi connectivity index (χ3v) is 4.21. The van der Waals surface area contributed by atoms with Crippen LogP contribution in [0.3, 0.4) is 0 Å². The van der Waals surface area contributed by atoms with Crippen molar-refractivity contribution in [1.82, 2.24) is 10.3 Å². The monoisotopic (exact) mass is 314 g/mol. The molecule has 1 heterocycles. The Morgan fingerprint density at radius 2 is 2.00 bits per heavy atom. The molecular weight excluding hydrogens is 296 g/mol. The number of nitrogens with one attached hydrogen (secondary N) is 1. The van der Waals surface area contributed by atoms with Crippen molar-refractivity contribution in [1.29, 1.82) is 0 Å². The van der Waals surface area contributed by atoms with Crippen molar-refractivity contribution in [2.75, 3.05) is 0 Å². The molecule has 1 aromatic heterocycles. The highest BCUT2D eigenvalue weighted by molar-refractivity contribution is 5.97. The van der Waals surface area contributed by atoms with Gasteiger partial charge in [-0.25, -0.2) is 4.98 Å². The number of aryl methyl sites for hydroxylation is 1. The molecule has 2 N–H and O–H groups in total. The number of aliphatic carboxylic acids is 1. The van der Waals surface area contributed by atoms with E-state index in [1.807, 2.05) is 31.2 Å². The van der Waals surface area contributed by atoms with E-state index in [9.17, 15) is 9.59 Å². The van der Waals surface area contributed by atoms with Gasteiger partial charge in [0.15, 0.2) is 17.8 Å². The molecule has 1 saturated carbocycles. The number of carbonyl (C=O) groups is 2. The first kappa shape index (κ1) is 15.3. The second-order valence-electron chi connectivity index (χ2n) is 5.91. The number of aromatic nitrogens is 1. The summed E-state index contributed by atoms with van der Waals surface area (Å²) in [5.41, 5.74) is 2.13. The quantitative estimate of drug-likeness (QED) is 0.905. The zero-order chi connectivity index (χ0) is 16.4. The van der Waals surface area contributed by atoms with Gasteiger partial charge in [0.2, 0.25) is 0 Å². The first-order chi connectivity index (χ1) is 11.0. The fraction of sp³-hybridized carbons (Fsp3) is 0.353. The Hall–Kier alpha value is -2.63. The number of rotatable bonds is 4. The number of carboxylic acids is 1. The van der Waals surface area contributed by atoms with Crippen LogP contribution in [0.15, 0.2) is 35.1 Å². The van der Waals surface area contributed by atoms with Crippen LogP contribution in [-0.4, -0.2) is 28.0 Å². The van der Waals surface area contributed by atoms with E-state index in [1.54, 1.807) is 0 Å². The maximum atomic E-state index is 12.4. The van der Waals surface area contributed by atoms with Crippen LogP contribution < -0.4 is 5.32 Å². The number of oxazole rings is 1. The second-order valence-corrected chi connectivity index (χ2v) is 5.91. The molecule has 1 fully saturated rings. The van der Waals surface area contributed by atoms with Crippen molar-refractivity contribution < 1.29 is 19.1 Å². The molecule has 2 atom stereocenters. The van der Waals surface area contributed by atoms with Gasteiger partial charge in [-0.2, -0.15) is 0 Å². The largest absolute Gasteiger partial charge is 0.481 e. The molecule has 23 heavy (non-hydrogen) atoms. The topological polar surface area (TPSA) is 92.4 Å². The van der Waals surface area contributed by atoms with Gasteiger partial charge >= 0.3 is 5.97 Å². The van der Waals surface area contributed by atoms with E-state index < -0.39 is 5.97 Å². The third kappa shape index (κ3) is 3.26. The molecule has 0 spiro atoms. The first-order valence-corrected chi connectivity index (χ1v) is 7.59. The Morgan fingerprint density at radius 1 is 1.26 bits per heavy atom. The van der Waals surface area contributed by atoms with Gasteiger partial charge in [0.05, 0.1) is 5.92 Å². The molecule has 6 heteroatoms. The number of nitrogens with zero attached hydrogens (tertiary/aromatic N) is 1. The van der Waals surface area contributed by atoms with Gasteiger partial charge < -0.3 is 14.8 Å². The summed E-state index contributed by atoms with van der Waals surface area (Å²) >= 11 is 0. The number of benzene rings is 1. The lowest BCUT2D eigenvalue weighted by molar-refractivity contribution is -0.141. The van der Waals surface area contributed by atoms with Crippen LogP contribution in [0.5, 0.6) is 0 Å². The van der Waals surface area contributed by atoms with E-state index in [2.05, 4.69) is 10.3 Å². The molecule has 0 aliphatic heterocycles. The van der Waals surface area contributed by atoms with E-state index in [1.165, 1.54) is 6.39 Å². The molecule has 120 valence electrons. The van der Waals surface area contributed by atoms with E-state index in [0.29, 0.717) is 25.0 Å². The van der Waals surface area contributed by atoms with Gasteiger partial charge in [0, 0.05) is 11.6 Å². The van der Waals surface area contributed by atoms with Crippen molar-refractivity contribution in [3.8, 4) is 11.3 Å². The predicted octanol–water partition coefficient (Wildman–Crippen LogP) is 2.63. The minimum atomic E-state index is -0.802. The highest BCUT2D eigenvalue weighted by Crippen LogP contribution is 2.27.